The zero-order chi connectivity index (χ0) is 22.1. The summed E-state index contributed by atoms with van der Waals surface area (Å²) >= 11 is 0. The highest BCUT2D eigenvalue weighted by molar-refractivity contribution is 5.78. The lowest BCUT2D eigenvalue weighted by molar-refractivity contribution is -0.132. The summed E-state index contributed by atoms with van der Waals surface area (Å²) in [5.74, 6) is 1.67. The predicted molar refractivity (Wildman–Crippen MR) is 125 cm³/mol. The van der Waals surface area contributed by atoms with E-state index in [0.29, 0.717) is 12.5 Å². The molecule has 0 aromatic rings. The highest BCUT2D eigenvalue weighted by Crippen LogP contribution is 2.20. The number of rotatable bonds is 10. The van der Waals surface area contributed by atoms with E-state index in [4.69, 9.17) is 0 Å². The van der Waals surface area contributed by atoms with Gasteiger partial charge in [0.2, 0.25) is 5.91 Å². The minimum absolute atomic E-state index is 0.220. The molecule has 0 radical (unpaired) electrons. The van der Waals surface area contributed by atoms with Crippen LogP contribution in [-0.2, 0) is 4.79 Å². The van der Waals surface area contributed by atoms with Crippen LogP contribution in [0, 0.1) is 5.92 Å². The average Bonchev–Trinajstić information content (AvgIpc) is 2.95. The fourth-order valence-corrected chi connectivity index (χ4v) is 4.35. The van der Waals surface area contributed by atoms with E-state index < -0.39 is 0 Å². The van der Waals surface area contributed by atoms with E-state index in [1.54, 1.807) is 0 Å². The van der Waals surface area contributed by atoms with Crippen molar-refractivity contribution in [3.05, 3.63) is 24.7 Å². The first kappa shape index (κ1) is 24.5. The number of hydrogen-bond donors (Lipinski definition) is 2. The van der Waals surface area contributed by atoms with Gasteiger partial charge in [-0.05, 0) is 59.3 Å². The Kier molecular flexibility index (Phi) is 9.98. The predicted octanol–water partition coefficient (Wildman–Crippen LogP) is 1.37. The van der Waals surface area contributed by atoms with Crippen molar-refractivity contribution in [2.75, 3.05) is 73.5 Å². The van der Waals surface area contributed by atoms with Crippen LogP contribution in [0.4, 0.5) is 0 Å². The zero-order valence-electron chi connectivity index (χ0n) is 19.8. The Hall–Kier alpha value is -1.73. The number of piperidine rings is 1. The molecule has 0 aliphatic carbocycles. The van der Waals surface area contributed by atoms with E-state index in [9.17, 15) is 4.79 Å². The van der Waals surface area contributed by atoms with Gasteiger partial charge in [0.1, 0.15) is 0 Å². The third-order valence-electron chi connectivity index (χ3n) is 6.42. The number of hydrogen-bond acceptors (Lipinski definition) is 6. The highest BCUT2D eigenvalue weighted by atomic mass is 16.2. The van der Waals surface area contributed by atoms with Gasteiger partial charge in [-0.2, -0.15) is 0 Å². The monoisotopic (exact) mass is 420 g/mol. The fourth-order valence-electron chi connectivity index (χ4n) is 4.35. The topological polar surface area (TPSA) is 54.1 Å². The van der Waals surface area contributed by atoms with Gasteiger partial charge < -0.3 is 30.2 Å². The van der Waals surface area contributed by atoms with E-state index in [-0.39, 0.29) is 11.9 Å². The second kappa shape index (κ2) is 12.2. The highest BCUT2D eigenvalue weighted by Gasteiger charge is 2.29. The summed E-state index contributed by atoms with van der Waals surface area (Å²) in [4.78, 5) is 21.9. The normalized spacial score (nSPS) is 23.0. The van der Waals surface area contributed by atoms with Gasteiger partial charge >= 0.3 is 0 Å². The summed E-state index contributed by atoms with van der Waals surface area (Å²) in [6, 6.07) is 0.288. The molecule has 0 aromatic carbocycles. The summed E-state index contributed by atoms with van der Waals surface area (Å²) in [6.07, 6.45) is 4.35. The summed E-state index contributed by atoms with van der Waals surface area (Å²) in [7, 11) is 6.16. The van der Waals surface area contributed by atoms with E-state index in [1.165, 1.54) is 0 Å². The molecule has 30 heavy (non-hydrogen) atoms. The molecule has 7 heteroatoms. The summed E-state index contributed by atoms with van der Waals surface area (Å²) < 4.78 is 0. The molecule has 1 amide bonds. The maximum Gasteiger partial charge on any atom is 0.242 e. The van der Waals surface area contributed by atoms with Crippen LogP contribution < -0.4 is 10.6 Å². The van der Waals surface area contributed by atoms with Crippen molar-refractivity contribution in [1.29, 1.82) is 0 Å². The molecule has 0 spiro atoms. The van der Waals surface area contributed by atoms with Crippen LogP contribution in [0.25, 0.3) is 0 Å². The summed E-state index contributed by atoms with van der Waals surface area (Å²) in [5.41, 5.74) is 1.05. The summed E-state index contributed by atoms with van der Waals surface area (Å²) in [6.45, 7) is 17.5. The Morgan fingerprint density at radius 1 is 1.20 bits per heavy atom. The van der Waals surface area contributed by atoms with Crippen LogP contribution in [0.1, 0.15) is 32.6 Å². The minimum atomic E-state index is 0.220. The van der Waals surface area contributed by atoms with Crippen LogP contribution in [0.2, 0.25) is 0 Å². The van der Waals surface area contributed by atoms with Crippen molar-refractivity contribution >= 4 is 5.91 Å². The van der Waals surface area contributed by atoms with Crippen molar-refractivity contribution in [3.63, 3.8) is 0 Å². The molecule has 2 N–H and O–H groups in total. The quantitative estimate of drug-likeness (QED) is 0.521. The molecule has 2 atom stereocenters. The van der Waals surface area contributed by atoms with Crippen LogP contribution in [0.5, 0.6) is 0 Å². The number of nitrogens with one attached hydrogen (secondary N) is 2. The van der Waals surface area contributed by atoms with Gasteiger partial charge in [0.25, 0.3) is 0 Å². The maximum absolute atomic E-state index is 13.1. The molecule has 2 fully saturated rings. The van der Waals surface area contributed by atoms with Crippen molar-refractivity contribution in [3.8, 4) is 0 Å². The molecule has 2 heterocycles. The molecule has 172 valence electrons. The molecule has 0 bridgehead atoms. The minimum Gasteiger partial charge on any atom is -0.372 e. The fraction of sp³-hybridized carbons (Fsp3) is 0.783. The van der Waals surface area contributed by atoms with Gasteiger partial charge in [-0.25, -0.2) is 0 Å². The third kappa shape index (κ3) is 7.20. The molecular formula is C23H44N6O. The van der Waals surface area contributed by atoms with Crippen molar-refractivity contribution < 1.29 is 4.79 Å². The van der Waals surface area contributed by atoms with Crippen LogP contribution in [0.15, 0.2) is 24.7 Å². The van der Waals surface area contributed by atoms with E-state index in [0.717, 1.165) is 83.0 Å². The molecule has 2 aliphatic rings. The van der Waals surface area contributed by atoms with Crippen LogP contribution >= 0.6 is 0 Å². The Morgan fingerprint density at radius 2 is 1.90 bits per heavy atom. The lowest BCUT2D eigenvalue weighted by atomic mass is 10.0. The third-order valence-corrected chi connectivity index (χ3v) is 6.42. The van der Waals surface area contributed by atoms with E-state index in [1.807, 2.05) is 7.05 Å². The Bertz CT molecular complexity index is 578. The molecule has 2 aliphatic heterocycles. The number of nitrogens with zero attached hydrogens (tertiary/aromatic N) is 4. The van der Waals surface area contributed by atoms with Crippen LogP contribution in [0.3, 0.4) is 0 Å². The zero-order valence-corrected chi connectivity index (χ0v) is 19.8. The smallest absolute Gasteiger partial charge is 0.242 e. The van der Waals surface area contributed by atoms with Gasteiger partial charge in [0, 0.05) is 51.0 Å². The average molecular weight is 421 g/mol. The number of carbonyl (C=O) groups excluding carboxylic acids is 1. The molecular weight excluding hydrogens is 376 g/mol. The second-order valence-corrected chi connectivity index (χ2v) is 8.99. The van der Waals surface area contributed by atoms with Crippen molar-refractivity contribution in [2.24, 2.45) is 5.92 Å². The van der Waals surface area contributed by atoms with E-state index >= 15 is 0 Å². The molecule has 2 rings (SSSR count). The molecule has 0 aromatic heterocycles. The van der Waals surface area contributed by atoms with Crippen molar-refractivity contribution in [2.45, 2.75) is 38.6 Å². The largest absolute Gasteiger partial charge is 0.372 e. The maximum atomic E-state index is 13.1. The lowest BCUT2D eigenvalue weighted by Gasteiger charge is -2.37. The van der Waals surface area contributed by atoms with Crippen molar-refractivity contribution in [1.82, 2.24) is 30.2 Å². The van der Waals surface area contributed by atoms with Gasteiger partial charge in [-0.15, -0.1) is 0 Å². The first-order chi connectivity index (χ1) is 14.3. The number of likely N-dealkylation sites (N-methyl/N-ethyl adjacent to an activating group) is 1. The lowest BCUT2D eigenvalue weighted by Crippen LogP contribution is -2.47. The standard InChI is InChI=1S/C23H44N6O/c1-7-21-16-28(20(3)25-11-9-12-26(5)6)14-15-29(17-21)23(30)18-27-13-8-10-22(24-4)19(27)2/h21-22,24-25H,2-3,7-18H2,1,4-6H3/t21?,22-/m0/s1. The molecule has 0 saturated carbocycles. The number of amides is 1. The number of carbonyl (C=O) groups is 1. The second-order valence-electron chi connectivity index (χ2n) is 8.99. The Morgan fingerprint density at radius 3 is 2.57 bits per heavy atom. The van der Waals surface area contributed by atoms with Gasteiger partial charge in [0.05, 0.1) is 12.4 Å². The van der Waals surface area contributed by atoms with Gasteiger partial charge in [0.15, 0.2) is 0 Å². The Balaban J connectivity index is 1.89. The Labute approximate surface area is 184 Å². The van der Waals surface area contributed by atoms with Gasteiger partial charge in [-0.1, -0.05) is 20.1 Å². The molecule has 2 saturated heterocycles. The molecule has 1 unspecified atom stereocenters. The summed E-state index contributed by atoms with van der Waals surface area (Å²) in [5, 5.41) is 6.80. The van der Waals surface area contributed by atoms with Crippen LogP contribution in [-0.4, -0.2) is 105 Å². The first-order valence-electron chi connectivity index (χ1n) is 11.6. The van der Waals surface area contributed by atoms with Gasteiger partial charge in [-0.3, -0.25) is 4.79 Å². The number of likely N-dealkylation sites (tertiary alicyclic amines) is 1. The SMILES string of the molecule is C=C(NCCCN(C)C)N1CCN(C(=O)CN2CCC[C@H](NC)C2=C)CC(CC)C1. The van der Waals surface area contributed by atoms with E-state index in [2.05, 4.69) is 64.4 Å². The molecule has 7 nitrogen and oxygen atoms in total. The first-order valence-corrected chi connectivity index (χ1v) is 11.6.